The van der Waals surface area contributed by atoms with Crippen LogP contribution in [0.4, 0.5) is 17.1 Å². The van der Waals surface area contributed by atoms with Crippen LogP contribution in [0.1, 0.15) is 12.5 Å². The zero-order valence-electron chi connectivity index (χ0n) is 12.8. The van der Waals surface area contributed by atoms with Gasteiger partial charge in [0.05, 0.1) is 17.1 Å². The zero-order chi connectivity index (χ0) is 17.1. The van der Waals surface area contributed by atoms with E-state index < -0.39 is 10.3 Å². The molecule has 0 unspecified atom stereocenters. The predicted molar refractivity (Wildman–Crippen MR) is 85.0 cm³/mol. The molecule has 0 spiro atoms. The fraction of sp³-hybridized carbons (Fsp3) is 0.308. The van der Waals surface area contributed by atoms with Crippen molar-refractivity contribution in [3.63, 3.8) is 0 Å². The summed E-state index contributed by atoms with van der Waals surface area (Å²) in [5, 5.41) is 6.21. The lowest BCUT2D eigenvalue weighted by atomic mass is 10.1. The van der Waals surface area contributed by atoms with E-state index in [2.05, 4.69) is 21.5 Å². The second-order valence-electron chi connectivity index (χ2n) is 4.92. The van der Waals surface area contributed by atoms with Gasteiger partial charge in [0, 0.05) is 19.7 Å². The van der Waals surface area contributed by atoms with E-state index in [0.29, 0.717) is 22.5 Å². The Hall–Kier alpha value is -2.26. The van der Waals surface area contributed by atoms with E-state index in [1.807, 2.05) is 0 Å². The van der Waals surface area contributed by atoms with Crippen LogP contribution in [0.15, 0.2) is 33.9 Å². The van der Waals surface area contributed by atoms with Crippen molar-refractivity contribution in [3.05, 3.63) is 29.8 Å². The van der Waals surface area contributed by atoms with Gasteiger partial charge in [-0.25, -0.2) is 0 Å². The van der Waals surface area contributed by atoms with Gasteiger partial charge in [-0.3, -0.25) is 9.35 Å². The van der Waals surface area contributed by atoms with Gasteiger partial charge in [0.2, 0.25) is 0 Å². The Morgan fingerprint density at radius 2 is 1.95 bits per heavy atom. The van der Waals surface area contributed by atoms with Gasteiger partial charge in [0.25, 0.3) is 5.91 Å². The van der Waals surface area contributed by atoms with Crippen molar-refractivity contribution in [2.45, 2.75) is 13.8 Å². The zero-order valence-corrected chi connectivity index (χ0v) is 13.6. The third-order valence-electron chi connectivity index (χ3n) is 2.67. The van der Waals surface area contributed by atoms with Crippen LogP contribution >= 0.6 is 0 Å². The molecule has 22 heavy (non-hydrogen) atoms. The summed E-state index contributed by atoms with van der Waals surface area (Å²) in [6, 6.07) is 3.07. The molecule has 2 N–H and O–H groups in total. The Morgan fingerprint density at radius 1 is 1.36 bits per heavy atom. The van der Waals surface area contributed by atoms with Crippen LogP contribution < -0.4 is 10.2 Å². The van der Waals surface area contributed by atoms with Crippen molar-refractivity contribution in [3.8, 4) is 0 Å². The smallest absolute Gasteiger partial charge is 0.376 e. The highest BCUT2D eigenvalue weighted by atomic mass is 32.2. The molecule has 1 aromatic rings. The highest BCUT2D eigenvalue weighted by Crippen LogP contribution is 2.33. The van der Waals surface area contributed by atoms with Gasteiger partial charge in [0.1, 0.15) is 0 Å². The molecule has 9 heteroatoms. The monoisotopic (exact) mass is 326 g/mol. The largest absolute Gasteiger partial charge is 0.396 e. The van der Waals surface area contributed by atoms with Crippen LogP contribution in [0.25, 0.3) is 0 Å². The Kier molecular flexibility index (Phi) is 5.39. The minimum atomic E-state index is -4.55. The Balaban J connectivity index is 3.33. The number of aryl methyl sites for hydroxylation is 1. The molecule has 0 aromatic heterocycles. The number of carbonyl (C=O) groups is 1. The number of hydrogen-bond acceptors (Lipinski definition) is 5. The molecule has 0 aliphatic heterocycles. The van der Waals surface area contributed by atoms with Gasteiger partial charge in [-0.15, -0.1) is 5.11 Å². The van der Waals surface area contributed by atoms with Crippen LogP contribution in [-0.4, -0.2) is 33.0 Å². The molecular weight excluding hydrogens is 308 g/mol. The molecule has 8 nitrogen and oxygen atoms in total. The summed E-state index contributed by atoms with van der Waals surface area (Å²) in [7, 11) is -1.03. The van der Waals surface area contributed by atoms with Crippen LogP contribution in [0.3, 0.4) is 0 Å². The Bertz CT molecular complexity index is 739. The normalized spacial score (nSPS) is 11.5. The van der Waals surface area contributed by atoms with Crippen molar-refractivity contribution >= 4 is 33.3 Å². The molecule has 1 amide bonds. The van der Waals surface area contributed by atoms with Crippen molar-refractivity contribution < 1.29 is 17.8 Å². The summed E-state index contributed by atoms with van der Waals surface area (Å²) >= 11 is 0. The number of nitrogens with zero attached hydrogens (tertiary/aromatic N) is 3. The topological polar surface area (TPSA) is 111 Å². The van der Waals surface area contributed by atoms with Crippen molar-refractivity contribution in [2.75, 3.05) is 24.3 Å². The van der Waals surface area contributed by atoms with Crippen molar-refractivity contribution in [2.24, 2.45) is 9.63 Å². The molecule has 0 fully saturated rings. The lowest BCUT2D eigenvalue weighted by Gasteiger charge is -2.20. The molecule has 1 aromatic carbocycles. The van der Waals surface area contributed by atoms with E-state index in [1.165, 1.54) is 12.1 Å². The van der Waals surface area contributed by atoms with Gasteiger partial charge in [-0.05, 0) is 36.1 Å². The predicted octanol–water partition coefficient (Wildman–Crippen LogP) is 2.46. The lowest BCUT2D eigenvalue weighted by Crippen LogP contribution is -2.17. The first-order chi connectivity index (χ1) is 10.0. The third kappa shape index (κ3) is 4.93. The van der Waals surface area contributed by atoms with Crippen LogP contribution in [-0.2, 0) is 15.1 Å². The SMILES string of the molecule is C=C(C)C(=O)Nc1c(C)cc(/N=N/S(=O)(=O)O)cc1N(C)C. The van der Waals surface area contributed by atoms with Crippen LogP contribution in [0.5, 0.6) is 0 Å². The summed E-state index contributed by atoms with van der Waals surface area (Å²) < 4.78 is 32.6. The van der Waals surface area contributed by atoms with Crippen molar-refractivity contribution in [1.29, 1.82) is 0 Å². The number of hydrogen-bond donors (Lipinski definition) is 2. The molecule has 0 atom stereocenters. The number of amides is 1. The van der Waals surface area contributed by atoms with Gasteiger partial charge in [-0.2, -0.15) is 8.42 Å². The first-order valence-corrected chi connectivity index (χ1v) is 7.60. The first kappa shape index (κ1) is 17.8. The van der Waals surface area contributed by atoms with E-state index in [-0.39, 0.29) is 11.6 Å². The molecule has 120 valence electrons. The lowest BCUT2D eigenvalue weighted by molar-refractivity contribution is -0.112. The van der Waals surface area contributed by atoms with Crippen LogP contribution in [0.2, 0.25) is 0 Å². The van der Waals surface area contributed by atoms with Crippen LogP contribution in [0, 0.1) is 6.92 Å². The first-order valence-electron chi connectivity index (χ1n) is 6.20. The second kappa shape index (κ2) is 6.67. The number of anilines is 2. The van der Waals surface area contributed by atoms with E-state index in [1.54, 1.807) is 32.8 Å². The Labute approximate surface area is 129 Å². The van der Waals surface area contributed by atoms with Gasteiger partial charge < -0.3 is 10.2 Å². The maximum absolute atomic E-state index is 11.8. The standard InChI is InChI=1S/C13H18N4O4S/c1-8(2)13(18)14-12-9(3)6-10(7-11(12)17(4)5)15-16-22(19,20)21/h6-7H,1H2,2-5H3,(H,14,18)(H,19,20,21)/b16-15+. The number of rotatable bonds is 5. The minimum absolute atomic E-state index is 0.229. The molecule has 1 rings (SSSR count). The second-order valence-corrected chi connectivity index (χ2v) is 5.97. The van der Waals surface area contributed by atoms with Gasteiger partial charge in [-0.1, -0.05) is 6.58 Å². The minimum Gasteiger partial charge on any atom is -0.376 e. The maximum atomic E-state index is 11.8. The molecule has 0 aliphatic carbocycles. The van der Waals surface area contributed by atoms with Crippen molar-refractivity contribution in [1.82, 2.24) is 0 Å². The average Bonchev–Trinajstić information content (AvgIpc) is 2.37. The average molecular weight is 326 g/mol. The van der Waals surface area contributed by atoms with E-state index in [0.717, 1.165) is 0 Å². The fourth-order valence-corrected chi connectivity index (χ4v) is 1.84. The Morgan fingerprint density at radius 3 is 2.41 bits per heavy atom. The molecule has 0 saturated heterocycles. The maximum Gasteiger partial charge on any atom is 0.396 e. The highest BCUT2D eigenvalue weighted by molar-refractivity contribution is 7.84. The number of nitrogens with one attached hydrogen (secondary N) is 1. The summed E-state index contributed by atoms with van der Waals surface area (Å²) in [5.74, 6) is -0.321. The molecule has 0 bridgehead atoms. The molecule has 0 aliphatic rings. The summed E-state index contributed by atoms with van der Waals surface area (Å²) in [6.45, 7) is 6.90. The van der Waals surface area contributed by atoms with E-state index >= 15 is 0 Å². The van der Waals surface area contributed by atoms with E-state index in [4.69, 9.17) is 4.55 Å². The van der Waals surface area contributed by atoms with Gasteiger partial charge >= 0.3 is 10.3 Å². The summed E-state index contributed by atoms with van der Waals surface area (Å²) in [4.78, 5) is 13.5. The fourth-order valence-electron chi connectivity index (χ4n) is 1.64. The summed E-state index contributed by atoms with van der Waals surface area (Å²) in [5.41, 5.74) is 2.42. The molecule has 0 radical (unpaired) electrons. The molecule has 0 saturated carbocycles. The molecular formula is C13H18N4O4S. The quantitative estimate of drug-likeness (QED) is 0.490. The number of benzene rings is 1. The highest BCUT2D eigenvalue weighted by Gasteiger charge is 2.14. The number of carbonyl (C=O) groups excluding carboxylic acids is 1. The summed E-state index contributed by atoms with van der Waals surface area (Å²) in [6.07, 6.45) is 0. The van der Waals surface area contributed by atoms with E-state index in [9.17, 15) is 13.2 Å². The third-order valence-corrected chi connectivity index (χ3v) is 2.95. The molecule has 0 heterocycles. The van der Waals surface area contributed by atoms with Gasteiger partial charge in [0.15, 0.2) is 0 Å².